The molecule has 1 heterocycles. The van der Waals surface area contributed by atoms with Gasteiger partial charge in [0.25, 0.3) is 0 Å². The molecule has 0 saturated heterocycles. The quantitative estimate of drug-likeness (QED) is 0.839. The first-order valence-electron chi connectivity index (χ1n) is 6.11. The van der Waals surface area contributed by atoms with Crippen molar-refractivity contribution in [1.82, 2.24) is 0 Å². The summed E-state index contributed by atoms with van der Waals surface area (Å²) in [6.45, 7) is 7.75. The third-order valence-electron chi connectivity index (χ3n) is 2.67. The Hall–Kier alpha value is -1.74. The molecule has 0 aliphatic rings. The van der Waals surface area contributed by atoms with Crippen LogP contribution in [-0.4, -0.2) is 26.2 Å². The number of carbonyl (C=O) groups excluding carboxylic acids is 1. The minimum atomic E-state index is -0.493. The second kappa shape index (κ2) is 6.43. The van der Waals surface area contributed by atoms with Crippen molar-refractivity contribution in [3.63, 3.8) is 0 Å². The lowest BCUT2D eigenvalue weighted by Gasteiger charge is -2.24. The maximum absolute atomic E-state index is 11.9. The molecule has 0 amide bonds. The van der Waals surface area contributed by atoms with E-state index in [0.29, 0.717) is 16.4 Å². The van der Waals surface area contributed by atoms with Crippen LogP contribution in [0.25, 0.3) is 0 Å². The van der Waals surface area contributed by atoms with Crippen molar-refractivity contribution in [2.75, 3.05) is 30.8 Å². The molecule has 0 bridgehead atoms. The van der Waals surface area contributed by atoms with Crippen LogP contribution in [0.2, 0.25) is 0 Å². The molecule has 104 valence electrons. The molecule has 0 atom stereocenters. The fraction of sp³-hybridized carbons (Fsp3) is 0.538. The van der Waals surface area contributed by atoms with Crippen molar-refractivity contribution in [3.05, 3.63) is 10.4 Å². The molecule has 0 saturated carbocycles. The van der Waals surface area contributed by atoms with Crippen molar-refractivity contribution in [2.24, 2.45) is 5.92 Å². The van der Waals surface area contributed by atoms with Gasteiger partial charge in [-0.25, -0.2) is 4.79 Å². The normalized spacial score (nSPS) is 10.3. The fourth-order valence-electron chi connectivity index (χ4n) is 1.83. The first-order chi connectivity index (χ1) is 8.96. The molecule has 19 heavy (non-hydrogen) atoms. The Kier molecular flexibility index (Phi) is 5.19. The summed E-state index contributed by atoms with van der Waals surface area (Å²) in [5, 5.41) is 9.78. The topological polar surface area (TPSA) is 79.4 Å². The molecule has 0 aliphatic carbocycles. The lowest BCUT2D eigenvalue weighted by Crippen LogP contribution is -2.28. The van der Waals surface area contributed by atoms with Crippen LogP contribution < -0.4 is 10.6 Å². The van der Waals surface area contributed by atoms with E-state index in [0.717, 1.165) is 18.1 Å². The minimum Gasteiger partial charge on any atom is -0.465 e. The van der Waals surface area contributed by atoms with Crippen LogP contribution in [0.5, 0.6) is 0 Å². The number of nitrogens with zero attached hydrogens (tertiary/aromatic N) is 2. The summed E-state index contributed by atoms with van der Waals surface area (Å²) in [5.74, 6) is -0.0493. The summed E-state index contributed by atoms with van der Waals surface area (Å²) in [7, 11) is 1.31. The third-order valence-corrected chi connectivity index (χ3v) is 3.84. The van der Waals surface area contributed by atoms with Gasteiger partial charge in [-0.2, -0.15) is 5.26 Å². The zero-order valence-corrected chi connectivity index (χ0v) is 12.5. The number of anilines is 2. The molecular formula is C13H19N3O2S. The lowest BCUT2D eigenvalue weighted by atomic mass is 10.2. The summed E-state index contributed by atoms with van der Waals surface area (Å²) in [5.41, 5.74) is 6.41. The number of carbonyl (C=O) groups is 1. The number of nitrogen functional groups attached to an aromatic ring is 1. The number of nitriles is 1. The van der Waals surface area contributed by atoms with Gasteiger partial charge in [0.1, 0.15) is 21.5 Å². The Balaban J connectivity index is 3.32. The molecular weight excluding hydrogens is 262 g/mol. The van der Waals surface area contributed by atoms with Crippen LogP contribution in [0, 0.1) is 17.2 Å². The van der Waals surface area contributed by atoms with E-state index in [2.05, 4.69) is 18.7 Å². The van der Waals surface area contributed by atoms with E-state index in [9.17, 15) is 4.79 Å². The van der Waals surface area contributed by atoms with E-state index in [1.807, 2.05) is 13.0 Å². The van der Waals surface area contributed by atoms with E-state index >= 15 is 0 Å². The molecule has 0 aromatic carbocycles. The highest BCUT2D eigenvalue weighted by Gasteiger charge is 2.26. The number of ether oxygens (including phenoxy) is 1. The molecule has 0 radical (unpaired) electrons. The molecule has 1 aromatic heterocycles. The third kappa shape index (κ3) is 3.18. The molecule has 0 spiro atoms. The molecule has 0 fully saturated rings. The number of nitrogens with two attached hydrogens (primary N) is 1. The Morgan fingerprint density at radius 2 is 2.21 bits per heavy atom. The van der Waals surface area contributed by atoms with Crippen LogP contribution in [0.4, 0.5) is 10.7 Å². The van der Waals surface area contributed by atoms with Crippen molar-refractivity contribution in [3.8, 4) is 6.07 Å². The zero-order valence-electron chi connectivity index (χ0n) is 11.7. The van der Waals surface area contributed by atoms with Gasteiger partial charge in [-0.3, -0.25) is 0 Å². The fourth-order valence-corrected chi connectivity index (χ4v) is 2.91. The predicted molar refractivity (Wildman–Crippen MR) is 77.5 cm³/mol. The summed E-state index contributed by atoms with van der Waals surface area (Å²) in [6, 6.07) is 2.03. The van der Waals surface area contributed by atoms with Crippen molar-refractivity contribution >= 4 is 28.0 Å². The highest BCUT2D eigenvalue weighted by molar-refractivity contribution is 7.17. The molecule has 5 nitrogen and oxygen atoms in total. The number of methoxy groups -OCH3 is 1. The number of thiophene rings is 1. The number of rotatable bonds is 5. The van der Waals surface area contributed by atoms with Gasteiger partial charge in [0.2, 0.25) is 0 Å². The second-order valence-corrected chi connectivity index (χ2v) is 5.56. The molecule has 1 aromatic rings. The van der Waals surface area contributed by atoms with Crippen LogP contribution in [0.1, 0.15) is 36.0 Å². The average molecular weight is 281 g/mol. The Labute approximate surface area is 117 Å². The first-order valence-corrected chi connectivity index (χ1v) is 6.93. The summed E-state index contributed by atoms with van der Waals surface area (Å²) in [4.78, 5) is 14.3. The van der Waals surface area contributed by atoms with Crippen LogP contribution in [0.15, 0.2) is 0 Å². The zero-order chi connectivity index (χ0) is 14.6. The van der Waals surface area contributed by atoms with Crippen molar-refractivity contribution in [2.45, 2.75) is 20.8 Å². The van der Waals surface area contributed by atoms with E-state index in [1.54, 1.807) is 0 Å². The van der Waals surface area contributed by atoms with E-state index < -0.39 is 5.97 Å². The smallest absolute Gasteiger partial charge is 0.343 e. The first kappa shape index (κ1) is 15.3. The van der Waals surface area contributed by atoms with Crippen molar-refractivity contribution in [1.29, 1.82) is 5.26 Å². The monoisotopic (exact) mass is 281 g/mol. The molecule has 0 aliphatic heterocycles. The van der Waals surface area contributed by atoms with Gasteiger partial charge in [-0.05, 0) is 12.8 Å². The Morgan fingerprint density at radius 3 is 2.63 bits per heavy atom. The van der Waals surface area contributed by atoms with E-state index in [1.165, 1.54) is 18.4 Å². The molecule has 6 heteroatoms. The van der Waals surface area contributed by atoms with E-state index in [-0.39, 0.29) is 5.69 Å². The largest absolute Gasteiger partial charge is 0.465 e. The van der Waals surface area contributed by atoms with Gasteiger partial charge >= 0.3 is 5.97 Å². The SMILES string of the molecule is CCN(CC(C)C)c1sc(C#N)c(N)c1C(=O)OC. The molecule has 1 rings (SSSR count). The van der Waals surface area contributed by atoms with Gasteiger partial charge in [-0.1, -0.05) is 13.8 Å². The summed E-state index contributed by atoms with van der Waals surface area (Å²) < 4.78 is 4.77. The minimum absolute atomic E-state index is 0.219. The number of hydrogen-bond donors (Lipinski definition) is 1. The average Bonchev–Trinajstić information content (AvgIpc) is 2.71. The van der Waals surface area contributed by atoms with Crippen molar-refractivity contribution < 1.29 is 9.53 Å². The van der Waals surface area contributed by atoms with Gasteiger partial charge in [0.05, 0.1) is 12.8 Å². The van der Waals surface area contributed by atoms with Gasteiger partial charge in [0.15, 0.2) is 0 Å². The number of esters is 1. The van der Waals surface area contributed by atoms with Gasteiger partial charge < -0.3 is 15.4 Å². The van der Waals surface area contributed by atoms with Gasteiger partial charge in [-0.15, -0.1) is 11.3 Å². The summed E-state index contributed by atoms with van der Waals surface area (Å²) in [6.07, 6.45) is 0. The maximum Gasteiger partial charge on any atom is 0.343 e. The second-order valence-electron chi connectivity index (χ2n) is 4.56. The predicted octanol–water partition coefficient (Wildman–Crippen LogP) is 2.47. The Morgan fingerprint density at radius 1 is 1.58 bits per heavy atom. The Bertz CT molecular complexity index is 503. The number of hydrogen-bond acceptors (Lipinski definition) is 6. The van der Waals surface area contributed by atoms with E-state index in [4.69, 9.17) is 15.7 Å². The highest BCUT2D eigenvalue weighted by atomic mass is 32.1. The summed E-state index contributed by atoms with van der Waals surface area (Å²) >= 11 is 1.24. The lowest BCUT2D eigenvalue weighted by molar-refractivity contribution is 0.0603. The van der Waals surface area contributed by atoms with Gasteiger partial charge in [0, 0.05) is 13.1 Å². The van der Waals surface area contributed by atoms with Crippen LogP contribution >= 0.6 is 11.3 Å². The van der Waals surface area contributed by atoms with Crippen LogP contribution in [-0.2, 0) is 4.74 Å². The molecule has 0 unspecified atom stereocenters. The molecule has 2 N–H and O–H groups in total. The van der Waals surface area contributed by atoms with Crippen LogP contribution in [0.3, 0.4) is 0 Å². The standard InChI is InChI=1S/C13H19N3O2S/c1-5-16(7-8(2)3)12-10(13(17)18-4)11(15)9(6-14)19-12/h8H,5,7,15H2,1-4H3. The maximum atomic E-state index is 11.9. The highest BCUT2D eigenvalue weighted by Crippen LogP contribution is 2.38.